The Labute approximate surface area is 124 Å². The van der Waals surface area contributed by atoms with Crippen LogP contribution in [0.2, 0.25) is 0 Å². The molecule has 2 aliphatic rings. The fraction of sp³-hybridized carbons (Fsp3) is 1.00. The van der Waals surface area contributed by atoms with E-state index in [1.165, 1.54) is 38.8 Å². The standard InChI is InChI=1S/C16H33N3O/c1-14(2)16(12-17,13-20-3)19-10-8-18(9-11-19)15-6-4-5-7-15/h14-15H,4-13,17H2,1-3H3. The molecule has 1 unspecified atom stereocenters. The maximum Gasteiger partial charge on any atom is 0.0661 e. The Balaban J connectivity index is 1.95. The van der Waals surface area contributed by atoms with Crippen LogP contribution in [0.4, 0.5) is 0 Å². The molecule has 0 aromatic heterocycles. The smallest absolute Gasteiger partial charge is 0.0661 e. The summed E-state index contributed by atoms with van der Waals surface area (Å²) in [4.78, 5) is 5.30. The number of nitrogens with two attached hydrogens (primary N) is 1. The number of nitrogens with zero attached hydrogens (tertiary/aromatic N) is 2. The zero-order valence-corrected chi connectivity index (χ0v) is 13.6. The molecule has 2 fully saturated rings. The Hall–Kier alpha value is -0.160. The average Bonchev–Trinajstić information content (AvgIpc) is 2.99. The van der Waals surface area contributed by atoms with Crippen molar-refractivity contribution in [2.24, 2.45) is 11.7 Å². The second kappa shape index (κ2) is 7.21. The minimum atomic E-state index is 0.0104. The van der Waals surface area contributed by atoms with Crippen molar-refractivity contribution in [2.45, 2.75) is 51.1 Å². The normalized spacial score (nSPS) is 26.2. The molecule has 0 aromatic carbocycles. The quantitative estimate of drug-likeness (QED) is 0.803. The van der Waals surface area contributed by atoms with Gasteiger partial charge in [-0.25, -0.2) is 0 Å². The van der Waals surface area contributed by atoms with E-state index in [2.05, 4.69) is 23.6 Å². The number of ether oxygens (including phenoxy) is 1. The fourth-order valence-electron chi connectivity index (χ4n) is 4.10. The molecule has 1 aliphatic heterocycles. The third-order valence-corrected chi connectivity index (χ3v) is 5.61. The van der Waals surface area contributed by atoms with Gasteiger partial charge >= 0.3 is 0 Å². The molecule has 118 valence electrons. The van der Waals surface area contributed by atoms with Gasteiger partial charge in [-0.05, 0) is 18.8 Å². The molecule has 1 saturated heterocycles. The fourth-order valence-corrected chi connectivity index (χ4v) is 4.10. The molecule has 2 N–H and O–H groups in total. The summed E-state index contributed by atoms with van der Waals surface area (Å²) in [5.41, 5.74) is 6.16. The molecule has 0 aromatic rings. The van der Waals surface area contributed by atoms with Crippen molar-refractivity contribution in [2.75, 3.05) is 46.4 Å². The predicted octanol–water partition coefficient (Wildman–Crippen LogP) is 1.55. The Kier molecular flexibility index (Phi) is 5.84. The third kappa shape index (κ3) is 3.19. The number of piperazine rings is 1. The molecule has 0 amide bonds. The van der Waals surface area contributed by atoms with Crippen LogP contribution in [0.5, 0.6) is 0 Å². The van der Waals surface area contributed by atoms with E-state index in [-0.39, 0.29) is 5.54 Å². The van der Waals surface area contributed by atoms with Crippen LogP contribution in [0.25, 0.3) is 0 Å². The summed E-state index contributed by atoms with van der Waals surface area (Å²) >= 11 is 0. The van der Waals surface area contributed by atoms with E-state index in [1.54, 1.807) is 7.11 Å². The molecule has 0 spiro atoms. The predicted molar refractivity (Wildman–Crippen MR) is 83.9 cm³/mol. The first-order valence-corrected chi connectivity index (χ1v) is 8.32. The summed E-state index contributed by atoms with van der Waals surface area (Å²) in [5, 5.41) is 0. The first kappa shape index (κ1) is 16.2. The van der Waals surface area contributed by atoms with Crippen LogP contribution in [0.15, 0.2) is 0 Å². The Bertz CT molecular complexity index is 283. The van der Waals surface area contributed by atoms with Crippen molar-refractivity contribution in [1.82, 2.24) is 9.80 Å². The van der Waals surface area contributed by atoms with Gasteiger partial charge in [0, 0.05) is 45.9 Å². The molecule has 2 rings (SSSR count). The van der Waals surface area contributed by atoms with Crippen molar-refractivity contribution in [3.05, 3.63) is 0 Å². The summed E-state index contributed by atoms with van der Waals surface area (Å²) < 4.78 is 5.50. The molecule has 4 nitrogen and oxygen atoms in total. The van der Waals surface area contributed by atoms with E-state index in [0.717, 1.165) is 25.7 Å². The average molecular weight is 283 g/mol. The SMILES string of the molecule is COCC(CN)(C(C)C)N1CCN(C2CCCC2)CC1. The van der Waals surface area contributed by atoms with Crippen molar-refractivity contribution in [1.29, 1.82) is 0 Å². The zero-order chi connectivity index (χ0) is 14.6. The minimum absolute atomic E-state index is 0.0104. The van der Waals surface area contributed by atoms with Gasteiger partial charge in [0.2, 0.25) is 0 Å². The zero-order valence-electron chi connectivity index (χ0n) is 13.6. The maximum atomic E-state index is 6.15. The van der Waals surface area contributed by atoms with Crippen molar-refractivity contribution < 1.29 is 4.74 Å². The van der Waals surface area contributed by atoms with Crippen LogP contribution < -0.4 is 5.73 Å². The summed E-state index contributed by atoms with van der Waals surface area (Å²) in [6.07, 6.45) is 5.66. The van der Waals surface area contributed by atoms with Crippen molar-refractivity contribution in [3.63, 3.8) is 0 Å². The molecule has 1 aliphatic carbocycles. The molecule has 1 heterocycles. The van der Waals surface area contributed by atoms with E-state index in [0.29, 0.717) is 12.5 Å². The Morgan fingerprint density at radius 3 is 2.20 bits per heavy atom. The highest BCUT2D eigenvalue weighted by molar-refractivity contribution is 4.97. The molecule has 20 heavy (non-hydrogen) atoms. The summed E-state index contributed by atoms with van der Waals surface area (Å²) in [7, 11) is 1.79. The first-order chi connectivity index (χ1) is 9.64. The number of hydrogen-bond acceptors (Lipinski definition) is 4. The van der Waals surface area contributed by atoms with Gasteiger partial charge < -0.3 is 10.5 Å². The second-order valence-electron chi connectivity index (χ2n) is 6.86. The lowest BCUT2D eigenvalue weighted by Gasteiger charge is -2.50. The molecule has 0 radical (unpaired) electrons. The van der Waals surface area contributed by atoms with Crippen molar-refractivity contribution in [3.8, 4) is 0 Å². The van der Waals surface area contributed by atoms with Gasteiger partial charge in [0.1, 0.15) is 0 Å². The maximum absolute atomic E-state index is 6.15. The largest absolute Gasteiger partial charge is 0.383 e. The third-order valence-electron chi connectivity index (χ3n) is 5.61. The number of hydrogen-bond donors (Lipinski definition) is 1. The molecular weight excluding hydrogens is 250 g/mol. The number of rotatable bonds is 6. The van der Waals surface area contributed by atoms with Gasteiger partial charge in [0.15, 0.2) is 0 Å². The molecule has 0 bridgehead atoms. The van der Waals surface area contributed by atoms with Crippen molar-refractivity contribution >= 4 is 0 Å². The van der Waals surface area contributed by atoms with Crippen LogP contribution in [0.1, 0.15) is 39.5 Å². The van der Waals surface area contributed by atoms with Crippen LogP contribution in [-0.2, 0) is 4.74 Å². The second-order valence-corrected chi connectivity index (χ2v) is 6.86. The molecule has 4 heteroatoms. The molecular formula is C16H33N3O. The summed E-state index contributed by atoms with van der Waals surface area (Å²) in [5.74, 6) is 0.519. The van der Waals surface area contributed by atoms with E-state index in [4.69, 9.17) is 10.5 Å². The van der Waals surface area contributed by atoms with Gasteiger partial charge in [0.25, 0.3) is 0 Å². The van der Waals surface area contributed by atoms with Crippen LogP contribution in [0, 0.1) is 5.92 Å². The Morgan fingerprint density at radius 2 is 1.75 bits per heavy atom. The van der Waals surface area contributed by atoms with E-state index < -0.39 is 0 Å². The van der Waals surface area contributed by atoms with Gasteiger partial charge in [0.05, 0.1) is 12.1 Å². The number of methoxy groups -OCH3 is 1. The van der Waals surface area contributed by atoms with E-state index in [9.17, 15) is 0 Å². The van der Waals surface area contributed by atoms with E-state index >= 15 is 0 Å². The van der Waals surface area contributed by atoms with Crippen LogP contribution in [0.3, 0.4) is 0 Å². The lowest BCUT2D eigenvalue weighted by molar-refractivity contribution is -0.0452. The summed E-state index contributed by atoms with van der Waals surface area (Å²) in [6, 6.07) is 0.853. The molecule has 1 saturated carbocycles. The van der Waals surface area contributed by atoms with Crippen LogP contribution >= 0.6 is 0 Å². The highest BCUT2D eigenvalue weighted by atomic mass is 16.5. The molecule has 1 atom stereocenters. The highest BCUT2D eigenvalue weighted by Crippen LogP contribution is 2.29. The first-order valence-electron chi connectivity index (χ1n) is 8.32. The summed E-state index contributed by atoms with van der Waals surface area (Å²) in [6.45, 7) is 10.6. The van der Waals surface area contributed by atoms with Gasteiger partial charge in [-0.15, -0.1) is 0 Å². The Morgan fingerprint density at radius 1 is 1.15 bits per heavy atom. The van der Waals surface area contributed by atoms with E-state index in [1.807, 2.05) is 0 Å². The van der Waals surface area contributed by atoms with Gasteiger partial charge in [-0.3, -0.25) is 9.80 Å². The van der Waals surface area contributed by atoms with Crippen LogP contribution in [-0.4, -0.2) is 67.8 Å². The minimum Gasteiger partial charge on any atom is -0.383 e. The lowest BCUT2D eigenvalue weighted by Crippen LogP contribution is -2.65. The highest BCUT2D eigenvalue weighted by Gasteiger charge is 2.40. The monoisotopic (exact) mass is 283 g/mol. The van der Waals surface area contributed by atoms with Gasteiger partial charge in [-0.2, -0.15) is 0 Å². The van der Waals surface area contributed by atoms with Gasteiger partial charge in [-0.1, -0.05) is 26.7 Å². The lowest BCUT2D eigenvalue weighted by atomic mass is 9.84. The topological polar surface area (TPSA) is 41.7 Å².